The second kappa shape index (κ2) is 8.91. The van der Waals surface area contributed by atoms with Gasteiger partial charge in [0, 0.05) is 13.1 Å². The molecule has 10 heteroatoms. The Morgan fingerprint density at radius 2 is 1.88 bits per heavy atom. The molecule has 4 aromatic rings. The molecular weight excluding hydrogens is 424 g/mol. The zero-order valence-corrected chi connectivity index (χ0v) is 18.2. The lowest BCUT2D eigenvalue weighted by Gasteiger charge is -2.27. The zero-order valence-electron chi connectivity index (χ0n) is 18.2. The summed E-state index contributed by atoms with van der Waals surface area (Å²) in [4.78, 5) is 33.0. The second-order valence-electron chi connectivity index (χ2n) is 7.60. The second-order valence-corrected chi connectivity index (χ2v) is 7.60. The Morgan fingerprint density at radius 3 is 2.70 bits per heavy atom. The largest absolute Gasteiger partial charge is 0.492 e. The van der Waals surface area contributed by atoms with Crippen LogP contribution in [0, 0.1) is 0 Å². The van der Waals surface area contributed by atoms with E-state index in [-0.39, 0.29) is 12.5 Å². The quantitative estimate of drug-likeness (QED) is 0.481. The van der Waals surface area contributed by atoms with Gasteiger partial charge in [0.1, 0.15) is 12.3 Å². The van der Waals surface area contributed by atoms with Crippen LogP contribution in [-0.4, -0.2) is 58.0 Å². The van der Waals surface area contributed by atoms with E-state index in [1.807, 2.05) is 43.3 Å². The van der Waals surface area contributed by atoms with Crippen LogP contribution < -0.4 is 20.6 Å². The summed E-state index contributed by atoms with van der Waals surface area (Å²) in [6.45, 7) is 4.56. The molecule has 1 aliphatic heterocycles. The van der Waals surface area contributed by atoms with Crippen LogP contribution in [0.5, 0.6) is 5.75 Å². The van der Waals surface area contributed by atoms with Gasteiger partial charge in [-0.2, -0.15) is 0 Å². The fourth-order valence-corrected chi connectivity index (χ4v) is 3.95. The Balaban J connectivity index is 1.53. The number of morpholine rings is 1. The Bertz CT molecular complexity index is 1370. The number of hydrogen-bond acceptors (Lipinski definition) is 7. The lowest BCUT2D eigenvalue weighted by atomic mass is 10.3. The number of benzene rings is 2. The molecule has 2 aromatic heterocycles. The van der Waals surface area contributed by atoms with Gasteiger partial charge in [0.2, 0.25) is 11.6 Å². The summed E-state index contributed by atoms with van der Waals surface area (Å²) >= 11 is 0. The van der Waals surface area contributed by atoms with Gasteiger partial charge in [0.05, 0.1) is 36.5 Å². The number of carbonyl (C=O) groups is 1. The molecule has 0 spiro atoms. The molecule has 33 heavy (non-hydrogen) atoms. The van der Waals surface area contributed by atoms with E-state index in [0.717, 1.165) is 0 Å². The first-order valence-electron chi connectivity index (χ1n) is 10.9. The van der Waals surface area contributed by atoms with Gasteiger partial charge in [-0.05, 0) is 31.2 Å². The van der Waals surface area contributed by atoms with Gasteiger partial charge in [0.15, 0.2) is 5.82 Å². The molecule has 0 bridgehead atoms. The Hall–Kier alpha value is -3.92. The van der Waals surface area contributed by atoms with Gasteiger partial charge >= 0.3 is 5.69 Å². The van der Waals surface area contributed by atoms with Crippen molar-refractivity contribution in [2.75, 3.05) is 43.1 Å². The normalized spacial score (nSPS) is 14.0. The molecule has 2 aromatic carbocycles. The maximum absolute atomic E-state index is 13.3. The molecular formula is C23H24N6O4. The van der Waals surface area contributed by atoms with Gasteiger partial charge < -0.3 is 19.7 Å². The number of ether oxygens (including phenoxy) is 2. The van der Waals surface area contributed by atoms with Crippen molar-refractivity contribution in [3.63, 3.8) is 0 Å². The lowest BCUT2D eigenvalue weighted by molar-refractivity contribution is -0.117. The maximum Gasteiger partial charge on any atom is 0.351 e. The van der Waals surface area contributed by atoms with E-state index in [1.54, 1.807) is 12.1 Å². The molecule has 10 nitrogen and oxygen atoms in total. The van der Waals surface area contributed by atoms with Crippen LogP contribution >= 0.6 is 0 Å². The van der Waals surface area contributed by atoms with Gasteiger partial charge in [-0.15, -0.1) is 5.10 Å². The molecule has 0 saturated carbocycles. The number of para-hydroxylation sites is 4. The third-order valence-electron chi connectivity index (χ3n) is 5.45. The Kier molecular flexibility index (Phi) is 5.66. The topological polar surface area (TPSA) is 103 Å². The molecule has 0 unspecified atom stereocenters. The van der Waals surface area contributed by atoms with E-state index in [2.05, 4.69) is 15.3 Å². The van der Waals surface area contributed by atoms with Crippen molar-refractivity contribution in [1.29, 1.82) is 0 Å². The van der Waals surface area contributed by atoms with Crippen molar-refractivity contribution in [2.24, 2.45) is 0 Å². The van der Waals surface area contributed by atoms with Crippen molar-refractivity contribution >= 4 is 34.1 Å². The van der Waals surface area contributed by atoms with Crippen molar-refractivity contribution in [3.05, 3.63) is 59.0 Å². The first-order valence-corrected chi connectivity index (χ1v) is 10.9. The summed E-state index contributed by atoms with van der Waals surface area (Å²) in [5, 5.41) is 7.32. The zero-order chi connectivity index (χ0) is 22.8. The van der Waals surface area contributed by atoms with Crippen molar-refractivity contribution in [1.82, 2.24) is 19.2 Å². The van der Waals surface area contributed by atoms with Crippen molar-refractivity contribution in [3.8, 4) is 5.75 Å². The molecule has 5 rings (SSSR count). The minimum atomic E-state index is -0.397. The summed E-state index contributed by atoms with van der Waals surface area (Å²) in [5.41, 5.74) is 1.89. The highest BCUT2D eigenvalue weighted by Crippen LogP contribution is 2.24. The summed E-state index contributed by atoms with van der Waals surface area (Å²) in [6, 6.07) is 14.6. The predicted octanol–water partition coefficient (Wildman–Crippen LogP) is 1.92. The molecule has 0 aliphatic carbocycles. The molecule has 1 fully saturated rings. The number of fused-ring (bicyclic) bond motifs is 3. The Morgan fingerprint density at radius 1 is 1.12 bits per heavy atom. The van der Waals surface area contributed by atoms with E-state index in [9.17, 15) is 9.59 Å². The van der Waals surface area contributed by atoms with Crippen molar-refractivity contribution in [2.45, 2.75) is 13.5 Å². The summed E-state index contributed by atoms with van der Waals surface area (Å²) < 4.78 is 13.7. The highest BCUT2D eigenvalue weighted by molar-refractivity contribution is 5.92. The average molecular weight is 448 g/mol. The third kappa shape index (κ3) is 4.00. The number of anilines is 2. The number of carbonyl (C=O) groups excluding carboxylic acids is 1. The SMILES string of the molecule is CCOc1ccccc1NC(=O)Cn1nc2c(N3CCOCC3)nc3ccccc3n2c1=O. The fraction of sp³-hybridized carbons (Fsp3) is 0.304. The lowest BCUT2D eigenvalue weighted by Crippen LogP contribution is -2.37. The number of amides is 1. The van der Waals surface area contributed by atoms with Gasteiger partial charge in [-0.1, -0.05) is 24.3 Å². The Labute approximate surface area is 189 Å². The fourth-order valence-electron chi connectivity index (χ4n) is 3.95. The highest BCUT2D eigenvalue weighted by Gasteiger charge is 2.22. The van der Waals surface area contributed by atoms with Crippen LogP contribution in [-0.2, 0) is 16.1 Å². The molecule has 0 radical (unpaired) electrons. The standard InChI is InChI=1S/C23H24N6O4/c1-2-33-19-10-6-4-8-17(19)24-20(30)15-28-23(31)29-18-9-5-3-7-16(18)25-21(22(29)26-28)27-11-13-32-14-12-27/h3-10H,2,11-15H2,1H3,(H,24,30). The van der Waals surface area contributed by atoms with Gasteiger partial charge in [0.25, 0.3) is 0 Å². The molecule has 3 heterocycles. The summed E-state index contributed by atoms with van der Waals surface area (Å²) in [7, 11) is 0. The van der Waals surface area contributed by atoms with Gasteiger partial charge in [-0.25, -0.2) is 18.9 Å². The monoisotopic (exact) mass is 448 g/mol. The maximum atomic E-state index is 13.3. The first-order chi connectivity index (χ1) is 16.2. The third-order valence-corrected chi connectivity index (χ3v) is 5.45. The van der Waals surface area contributed by atoms with E-state index in [1.165, 1.54) is 9.08 Å². The highest BCUT2D eigenvalue weighted by atomic mass is 16.5. The molecule has 1 aliphatic rings. The smallest absolute Gasteiger partial charge is 0.351 e. The van der Waals surface area contributed by atoms with E-state index >= 15 is 0 Å². The molecule has 1 N–H and O–H groups in total. The van der Waals surface area contributed by atoms with Crippen LogP contribution in [0.1, 0.15) is 6.92 Å². The minimum absolute atomic E-state index is 0.238. The predicted molar refractivity (Wildman–Crippen MR) is 124 cm³/mol. The molecule has 0 atom stereocenters. The van der Waals surface area contributed by atoms with E-state index in [0.29, 0.717) is 66.8 Å². The number of nitrogens with zero attached hydrogens (tertiary/aromatic N) is 5. The minimum Gasteiger partial charge on any atom is -0.492 e. The molecule has 1 saturated heterocycles. The van der Waals surface area contributed by atoms with E-state index < -0.39 is 5.69 Å². The number of aromatic nitrogens is 4. The first kappa shape index (κ1) is 21.0. The van der Waals surface area contributed by atoms with Gasteiger partial charge in [-0.3, -0.25) is 4.79 Å². The summed E-state index contributed by atoms with van der Waals surface area (Å²) in [5.74, 6) is 0.799. The van der Waals surface area contributed by atoms with Crippen LogP contribution in [0.25, 0.3) is 16.7 Å². The number of nitrogens with one attached hydrogen (secondary N) is 1. The van der Waals surface area contributed by atoms with Crippen molar-refractivity contribution < 1.29 is 14.3 Å². The van der Waals surface area contributed by atoms with Crippen LogP contribution in [0.3, 0.4) is 0 Å². The summed E-state index contributed by atoms with van der Waals surface area (Å²) in [6.07, 6.45) is 0. The number of hydrogen-bond donors (Lipinski definition) is 1. The average Bonchev–Trinajstić information content (AvgIpc) is 3.16. The van der Waals surface area contributed by atoms with Crippen LogP contribution in [0.2, 0.25) is 0 Å². The molecule has 170 valence electrons. The number of rotatable bonds is 6. The van der Waals surface area contributed by atoms with Crippen LogP contribution in [0.4, 0.5) is 11.5 Å². The molecule has 1 amide bonds. The van der Waals surface area contributed by atoms with E-state index in [4.69, 9.17) is 14.5 Å². The van der Waals surface area contributed by atoms with Crippen LogP contribution in [0.15, 0.2) is 53.3 Å².